The molecule has 3 rings (SSSR count). The number of fused-ring (bicyclic) bond motifs is 1. The fraction of sp³-hybridized carbons (Fsp3) is 0.133. The Hall–Kier alpha value is -2.36. The summed E-state index contributed by atoms with van der Waals surface area (Å²) in [5, 5.41) is 9.13. The van der Waals surface area contributed by atoms with Gasteiger partial charge in [0.05, 0.1) is 5.56 Å². The molecule has 0 spiro atoms. The fourth-order valence-corrected chi connectivity index (χ4v) is 3.99. The van der Waals surface area contributed by atoms with Crippen LogP contribution in [-0.4, -0.2) is 12.7 Å². The molecule has 6 heteroatoms. The zero-order valence-corrected chi connectivity index (χ0v) is 12.0. The van der Waals surface area contributed by atoms with Crippen molar-refractivity contribution in [2.75, 3.05) is 5.73 Å². The van der Waals surface area contributed by atoms with Crippen LogP contribution in [0.4, 0.5) is 5.69 Å². The van der Waals surface area contributed by atoms with Crippen molar-refractivity contribution in [3.05, 3.63) is 59.2 Å². The van der Waals surface area contributed by atoms with Gasteiger partial charge in [-0.1, -0.05) is 24.3 Å². The maximum Gasteiger partial charge on any atom is 0.245 e. The first-order valence-electron chi connectivity index (χ1n) is 6.39. The number of nitrogen functional groups attached to an aromatic ring is 1. The molecule has 0 saturated carbocycles. The molecule has 0 atom stereocenters. The molecule has 2 aromatic carbocycles. The minimum absolute atomic E-state index is 0.00649. The summed E-state index contributed by atoms with van der Waals surface area (Å²) in [6, 6.07) is 13.8. The highest BCUT2D eigenvalue weighted by Gasteiger charge is 2.32. The first-order chi connectivity index (χ1) is 10.0. The molecule has 0 aromatic heterocycles. The molecule has 106 valence electrons. The number of hydrogen-bond acceptors (Lipinski definition) is 4. The molecule has 2 N–H and O–H groups in total. The molecule has 2 aromatic rings. The van der Waals surface area contributed by atoms with Gasteiger partial charge < -0.3 is 5.73 Å². The van der Waals surface area contributed by atoms with E-state index in [1.807, 2.05) is 30.3 Å². The SMILES string of the molecule is N#Cc1cc(N)ccc1S(=O)(=O)N1Cc2ccccc2C1. The normalized spacial score (nSPS) is 14.6. The number of anilines is 1. The third kappa shape index (κ3) is 2.27. The van der Waals surface area contributed by atoms with Crippen molar-refractivity contribution >= 4 is 15.7 Å². The second-order valence-electron chi connectivity index (χ2n) is 4.91. The van der Waals surface area contributed by atoms with Gasteiger partial charge in [0, 0.05) is 18.8 Å². The van der Waals surface area contributed by atoms with Crippen LogP contribution in [-0.2, 0) is 23.1 Å². The summed E-state index contributed by atoms with van der Waals surface area (Å²) in [5.41, 5.74) is 8.05. The zero-order chi connectivity index (χ0) is 15.0. The Labute approximate surface area is 123 Å². The second kappa shape index (κ2) is 4.88. The molecule has 0 amide bonds. The molecule has 5 nitrogen and oxygen atoms in total. The lowest BCUT2D eigenvalue weighted by Crippen LogP contribution is -2.26. The van der Waals surface area contributed by atoms with Gasteiger partial charge in [-0.05, 0) is 29.3 Å². The van der Waals surface area contributed by atoms with E-state index in [-0.39, 0.29) is 10.5 Å². The fourth-order valence-electron chi connectivity index (χ4n) is 2.47. The van der Waals surface area contributed by atoms with Crippen LogP contribution in [0.3, 0.4) is 0 Å². The summed E-state index contributed by atoms with van der Waals surface area (Å²) in [7, 11) is -3.71. The van der Waals surface area contributed by atoms with Gasteiger partial charge in [-0.2, -0.15) is 9.57 Å². The number of nitriles is 1. The number of nitrogens with two attached hydrogens (primary N) is 1. The number of hydrogen-bond donors (Lipinski definition) is 1. The van der Waals surface area contributed by atoms with Crippen molar-refractivity contribution in [3.63, 3.8) is 0 Å². The predicted molar refractivity (Wildman–Crippen MR) is 78.4 cm³/mol. The topological polar surface area (TPSA) is 87.2 Å². The number of rotatable bonds is 2. The van der Waals surface area contributed by atoms with Crippen molar-refractivity contribution in [1.29, 1.82) is 5.26 Å². The average molecular weight is 299 g/mol. The largest absolute Gasteiger partial charge is 0.399 e. The average Bonchev–Trinajstić information content (AvgIpc) is 2.91. The molecule has 0 aliphatic carbocycles. The Balaban J connectivity index is 2.02. The summed E-state index contributed by atoms with van der Waals surface area (Å²) in [5.74, 6) is 0. The maximum absolute atomic E-state index is 12.7. The van der Waals surface area contributed by atoms with E-state index in [0.29, 0.717) is 18.8 Å². The highest BCUT2D eigenvalue weighted by Crippen LogP contribution is 2.30. The summed E-state index contributed by atoms with van der Waals surface area (Å²) in [6.45, 7) is 0.654. The summed E-state index contributed by atoms with van der Waals surface area (Å²) < 4.78 is 26.8. The van der Waals surface area contributed by atoms with Crippen LogP contribution < -0.4 is 5.73 Å². The third-order valence-electron chi connectivity index (χ3n) is 3.55. The molecule has 21 heavy (non-hydrogen) atoms. The van der Waals surface area contributed by atoms with Gasteiger partial charge in [0.25, 0.3) is 0 Å². The molecular formula is C15H13N3O2S. The number of nitrogens with zero attached hydrogens (tertiary/aromatic N) is 2. The van der Waals surface area contributed by atoms with Crippen LogP contribution in [0.1, 0.15) is 16.7 Å². The van der Waals surface area contributed by atoms with E-state index in [4.69, 9.17) is 11.0 Å². The molecule has 0 bridgehead atoms. The summed E-state index contributed by atoms with van der Waals surface area (Å²) in [6.07, 6.45) is 0. The van der Waals surface area contributed by atoms with Crippen LogP contribution in [0.2, 0.25) is 0 Å². The van der Waals surface area contributed by atoms with Crippen molar-refractivity contribution < 1.29 is 8.42 Å². The minimum Gasteiger partial charge on any atom is -0.399 e. The van der Waals surface area contributed by atoms with Crippen LogP contribution in [0, 0.1) is 11.3 Å². The van der Waals surface area contributed by atoms with E-state index in [1.165, 1.54) is 22.5 Å². The molecule has 0 fully saturated rings. The molecule has 0 unspecified atom stereocenters. The van der Waals surface area contributed by atoms with E-state index >= 15 is 0 Å². The van der Waals surface area contributed by atoms with E-state index in [0.717, 1.165) is 11.1 Å². The third-order valence-corrected chi connectivity index (χ3v) is 5.40. The molecule has 1 aliphatic heterocycles. The molecule has 1 heterocycles. The second-order valence-corrected chi connectivity index (χ2v) is 6.82. The monoisotopic (exact) mass is 299 g/mol. The Morgan fingerprint density at radius 2 is 1.71 bits per heavy atom. The van der Waals surface area contributed by atoms with Gasteiger partial charge in [-0.25, -0.2) is 8.42 Å². The van der Waals surface area contributed by atoms with Gasteiger partial charge in [0.1, 0.15) is 11.0 Å². The van der Waals surface area contributed by atoms with Gasteiger partial charge in [0.15, 0.2) is 0 Å². The van der Waals surface area contributed by atoms with Crippen LogP contribution in [0.5, 0.6) is 0 Å². The van der Waals surface area contributed by atoms with E-state index in [1.54, 1.807) is 0 Å². The lowest BCUT2D eigenvalue weighted by Gasteiger charge is -2.16. The molecule has 1 aliphatic rings. The molecule has 0 saturated heterocycles. The quantitative estimate of drug-likeness (QED) is 0.857. The lowest BCUT2D eigenvalue weighted by molar-refractivity contribution is 0.431. The lowest BCUT2D eigenvalue weighted by atomic mass is 10.1. The van der Waals surface area contributed by atoms with E-state index < -0.39 is 10.0 Å². The van der Waals surface area contributed by atoms with Crippen molar-refractivity contribution in [1.82, 2.24) is 4.31 Å². The highest BCUT2D eigenvalue weighted by molar-refractivity contribution is 7.89. The van der Waals surface area contributed by atoms with Crippen molar-refractivity contribution in [2.45, 2.75) is 18.0 Å². The standard InChI is InChI=1S/C15H13N3O2S/c16-8-13-7-14(17)5-6-15(13)21(19,20)18-9-11-3-1-2-4-12(11)10-18/h1-7H,9-10,17H2. The predicted octanol–water partition coefficient (Wildman–Crippen LogP) is 1.84. The number of sulfonamides is 1. The summed E-state index contributed by atoms with van der Waals surface area (Å²) >= 11 is 0. The number of benzene rings is 2. The van der Waals surface area contributed by atoms with Crippen molar-refractivity contribution in [3.8, 4) is 6.07 Å². The van der Waals surface area contributed by atoms with Crippen molar-refractivity contribution in [2.24, 2.45) is 0 Å². The van der Waals surface area contributed by atoms with Gasteiger partial charge in [-0.15, -0.1) is 0 Å². The smallest absolute Gasteiger partial charge is 0.245 e. The van der Waals surface area contributed by atoms with Gasteiger partial charge in [-0.3, -0.25) is 0 Å². The Kier molecular flexibility index (Phi) is 3.16. The molecular weight excluding hydrogens is 286 g/mol. The first kappa shape index (κ1) is 13.6. The van der Waals surface area contributed by atoms with Crippen LogP contribution in [0.15, 0.2) is 47.4 Å². The maximum atomic E-state index is 12.7. The Bertz CT molecular complexity index is 828. The minimum atomic E-state index is -3.71. The Morgan fingerprint density at radius 1 is 1.10 bits per heavy atom. The first-order valence-corrected chi connectivity index (χ1v) is 7.83. The van der Waals surface area contributed by atoms with Crippen LogP contribution >= 0.6 is 0 Å². The van der Waals surface area contributed by atoms with E-state index in [2.05, 4.69) is 0 Å². The van der Waals surface area contributed by atoms with E-state index in [9.17, 15) is 8.42 Å². The van der Waals surface area contributed by atoms with Crippen LogP contribution in [0.25, 0.3) is 0 Å². The van der Waals surface area contributed by atoms with Gasteiger partial charge >= 0.3 is 0 Å². The summed E-state index contributed by atoms with van der Waals surface area (Å²) in [4.78, 5) is 0.00649. The molecule has 0 radical (unpaired) electrons. The zero-order valence-electron chi connectivity index (χ0n) is 11.2. The Morgan fingerprint density at radius 3 is 2.29 bits per heavy atom. The highest BCUT2D eigenvalue weighted by atomic mass is 32.2. The van der Waals surface area contributed by atoms with Gasteiger partial charge in [0.2, 0.25) is 10.0 Å².